The van der Waals surface area contributed by atoms with Crippen molar-refractivity contribution in [1.82, 2.24) is 14.9 Å². The molecular formula is C20H24N4O3. The highest BCUT2D eigenvalue weighted by Crippen LogP contribution is 2.32. The van der Waals surface area contributed by atoms with E-state index in [1.165, 1.54) is 0 Å². The van der Waals surface area contributed by atoms with E-state index in [1.807, 2.05) is 20.8 Å². The summed E-state index contributed by atoms with van der Waals surface area (Å²) in [5.41, 5.74) is 3.70. The first-order valence-corrected chi connectivity index (χ1v) is 8.97. The zero-order valence-corrected chi connectivity index (χ0v) is 15.9. The number of aromatic nitrogens is 2. The lowest BCUT2D eigenvalue weighted by Crippen LogP contribution is -2.23. The number of nitrogens with zero attached hydrogens (tertiary/aromatic N) is 1. The topological polar surface area (TPSA) is 99.2 Å². The molecule has 0 aliphatic carbocycles. The number of nitrogens with one attached hydrogen (secondary N) is 3. The molecule has 3 rings (SSSR count). The number of rotatable bonds is 5. The number of anilines is 1. The van der Waals surface area contributed by atoms with Gasteiger partial charge in [0.25, 0.3) is 11.8 Å². The van der Waals surface area contributed by atoms with Gasteiger partial charge in [0.1, 0.15) is 5.69 Å². The van der Waals surface area contributed by atoms with Gasteiger partial charge in [-0.1, -0.05) is 6.07 Å². The largest absolute Gasteiger partial charge is 0.494 e. The van der Waals surface area contributed by atoms with Crippen LogP contribution in [-0.4, -0.2) is 33.0 Å². The van der Waals surface area contributed by atoms with Crippen molar-refractivity contribution in [3.8, 4) is 5.88 Å². The monoisotopic (exact) mass is 368 g/mol. The molecule has 0 radical (unpaired) electrons. The minimum atomic E-state index is -0.317. The van der Waals surface area contributed by atoms with Crippen LogP contribution >= 0.6 is 0 Å². The summed E-state index contributed by atoms with van der Waals surface area (Å²) in [6.45, 7) is 8.63. The molecule has 0 bridgehead atoms. The fraction of sp³-hybridized carbons (Fsp3) is 0.300. The fourth-order valence-electron chi connectivity index (χ4n) is 3.18. The van der Waals surface area contributed by atoms with Gasteiger partial charge < -0.3 is 25.3 Å². The number of hydrogen-bond donors (Lipinski definition) is 4. The molecule has 2 aromatic heterocycles. The number of carbonyl (C=O) groups is 2. The van der Waals surface area contributed by atoms with Crippen LogP contribution in [0.1, 0.15) is 45.8 Å². The molecule has 0 spiro atoms. The SMILES string of the molecule is CCNC(=O)c1ccc(C)c(NC(=O)c2[nH]c3cn(CC)c(O)c3c2C)c1. The predicted octanol–water partition coefficient (Wildman–Crippen LogP) is 3.31. The highest BCUT2D eigenvalue weighted by Gasteiger charge is 2.20. The Hall–Kier alpha value is -3.22. The van der Waals surface area contributed by atoms with E-state index in [1.54, 1.807) is 35.9 Å². The van der Waals surface area contributed by atoms with Crippen molar-refractivity contribution < 1.29 is 14.7 Å². The van der Waals surface area contributed by atoms with Gasteiger partial charge in [0.2, 0.25) is 5.88 Å². The van der Waals surface area contributed by atoms with Gasteiger partial charge >= 0.3 is 0 Å². The average Bonchev–Trinajstić information content (AvgIpc) is 3.13. The second kappa shape index (κ2) is 7.19. The van der Waals surface area contributed by atoms with Crippen LogP contribution < -0.4 is 10.6 Å². The van der Waals surface area contributed by atoms with Crippen LogP contribution in [0.3, 0.4) is 0 Å². The lowest BCUT2D eigenvalue weighted by molar-refractivity contribution is 0.0954. The third-order valence-corrected chi connectivity index (χ3v) is 4.71. The van der Waals surface area contributed by atoms with Crippen LogP contribution in [0, 0.1) is 13.8 Å². The molecule has 0 aliphatic heterocycles. The molecule has 7 nitrogen and oxygen atoms in total. The summed E-state index contributed by atoms with van der Waals surface area (Å²) >= 11 is 0. The molecule has 0 saturated carbocycles. The highest BCUT2D eigenvalue weighted by atomic mass is 16.3. The maximum atomic E-state index is 12.8. The maximum absolute atomic E-state index is 12.8. The van der Waals surface area contributed by atoms with Crippen molar-refractivity contribution in [3.05, 3.63) is 46.8 Å². The van der Waals surface area contributed by atoms with E-state index in [-0.39, 0.29) is 17.7 Å². The number of amides is 2. The molecule has 7 heteroatoms. The van der Waals surface area contributed by atoms with Crippen molar-refractivity contribution >= 4 is 28.4 Å². The van der Waals surface area contributed by atoms with Crippen molar-refractivity contribution in [2.45, 2.75) is 34.2 Å². The highest BCUT2D eigenvalue weighted by molar-refractivity contribution is 6.09. The molecule has 1 aromatic carbocycles. The zero-order chi connectivity index (χ0) is 19.7. The summed E-state index contributed by atoms with van der Waals surface area (Å²) in [6.07, 6.45) is 1.79. The quantitative estimate of drug-likeness (QED) is 0.556. The van der Waals surface area contributed by atoms with Gasteiger partial charge in [0.15, 0.2) is 0 Å². The fourth-order valence-corrected chi connectivity index (χ4v) is 3.18. The van der Waals surface area contributed by atoms with Gasteiger partial charge in [0.05, 0.1) is 10.9 Å². The third-order valence-electron chi connectivity index (χ3n) is 4.71. The molecule has 2 heterocycles. The summed E-state index contributed by atoms with van der Waals surface area (Å²) in [7, 11) is 0. The van der Waals surface area contributed by atoms with Gasteiger partial charge in [0, 0.05) is 30.5 Å². The Balaban J connectivity index is 1.92. The van der Waals surface area contributed by atoms with E-state index in [4.69, 9.17) is 0 Å². The molecule has 0 fully saturated rings. The van der Waals surface area contributed by atoms with E-state index < -0.39 is 0 Å². The summed E-state index contributed by atoms with van der Waals surface area (Å²) in [5, 5.41) is 16.6. The first-order chi connectivity index (χ1) is 12.9. The van der Waals surface area contributed by atoms with Crippen molar-refractivity contribution in [2.75, 3.05) is 11.9 Å². The number of aromatic amines is 1. The Morgan fingerprint density at radius 1 is 1.19 bits per heavy atom. The van der Waals surface area contributed by atoms with E-state index >= 15 is 0 Å². The first kappa shape index (κ1) is 18.6. The Kier molecular flexibility index (Phi) is 4.94. The molecule has 0 aliphatic rings. The normalized spacial score (nSPS) is 11.0. The van der Waals surface area contributed by atoms with Gasteiger partial charge in [-0.25, -0.2) is 0 Å². The van der Waals surface area contributed by atoms with Crippen molar-refractivity contribution in [3.63, 3.8) is 0 Å². The molecule has 142 valence electrons. The molecule has 27 heavy (non-hydrogen) atoms. The summed E-state index contributed by atoms with van der Waals surface area (Å²) in [6, 6.07) is 5.19. The Labute approximate surface area is 157 Å². The van der Waals surface area contributed by atoms with Crippen LogP contribution in [0.25, 0.3) is 10.9 Å². The van der Waals surface area contributed by atoms with Crippen molar-refractivity contribution in [2.24, 2.45) is 0 Å². The van der Waals surface area contributed by atoms with Crippen LogP contribution in [0.4, 0.5) is 5.69 Å². The zero-order valence-electron chi connectivity index (χ0n) is 15.9. The van der Waals surface area contributed by atoms with E-state index in [0.29, 0.717) is 46.5 Å². The van der Waals surface area contributed by atoms with Gasteiger partial charge in [-0.3, -0.25) is 9.59 Å². The van der Waals surface area contributed by atoms with Crippen LogP contribution in [0.2, 0.25) is 0 Å². The molecule has 4 N–H and O–H groups in total. The predicted molar refractivity (Wildman–Crippen MR) is 106 cm³/mol. The smallest absolute Gasteiger partial charge is 0.272 e. The minimum Gasteiger partial charge on any atom is -0.494 e. The first-order valence-electron chi connectivity index (χ1n) is 8.97. The van der Waals surface area contributed by atoms with E-state index in [9.17, 15) is 14.7 Å². The standard InChI is InChI=1S/C20H24N4O3/c1-5-21-18(25)13-8-7-11(3)14(9-13)23-19(26)17-12(4)16-15(22-17)10-24(6-2)20(16)27/h7-10,22,27H,5-6H2,1-4H3,(H,21,25)(H,23,26). The van der Waals surface area contributed by atoms with Gasteiger partial charge in [-0.2, -0.15) is 0 Å². The van der Waals surface area contributed by atoms with Crippen molar-refractivity contribution in [1.29, 1.82) is 0 Å². The number of fused-ring (bicyclic) bond motifs is 1. The third kappa shape index (κ3) is 3.28. The molecule has 3 aromatic rings. The minimum absolute atomic E-state index is 0.148. The van der Waals surface area contributed by atoms with Crippen LogP contribution in [0.15, 0.2) is 24.4 Å². The van der Waals surface area contributed by atoms with Gasteiger partial charge in [-0.15, -0.1) is 0 Å². The molecular weight excluding hydrogens is 344 g/mol. The van der Waals surface area contributed by atoms with Gasteiger partial charge in [-0.05, 0) is 51.0 Å². The number of aryl methyl sites for hydroxylation is 3. The number of H-pyrrole nitrogens is 1. The Morgan fingerprint density at radius 2 is 1.93 bits per heavy atom. The average molecular weight is 368 g/mol. The second-order valence-electron chi connectivity index (χ2n) is 6.50. The molecule has 2 amide bonds. The van der Waals surface area contributed by atoms with E-state index in [0.717, 1.165) is 5.56 Å². The number of carbonyl (C=O) groups excluding carboxylic acids is 2. The maximum Gasteiger partial charge on any atom is 0.272 e. The number of aromatic hydroxyl groups is 1. The Bertz CT molecular complexity index is 1030. The summed E-state index contributed by atoms with van der Waals surface area (Å²) < 4.78 is 1.72. The van der Waals surface area contributed by atoms with E-state index in [2.05, 4.69) is 15.6 Å². The van der Waals surface area contributed by atoms with Crippen LogP contribution in [0.5, 0.6) is 5.88 Å². The summed E-state index contributed by atoms with van der Waals surface area (Å²) in [5.74, 6) is -0.353. The molecule has 0 atom stereocenters. The molecule has 0 unspecified atom stereocenters. The second-order valence-corrected chi connectivity index (χ2v) is 6.50. The lowest BCUT2D eigenvalue weighted by atomic mass is 10.1. The lowest BCUT2D eigenvalue weighted by Gasteiger charge is -2.11. The number of hydrogen-bond acceptors (Lipinski definition) is 3. The Morgan fingerprint density at radius 3 is 2.56 bits per heavy atom. The van der Waals surface area contributed by atoms with Crippen LogP contribution in [-0.2, 0) is 6.54 Å². The number of benzene rings is 1. The summed E-state index contributed by atoms with van der Waals surface area (Å²) in [4.78, 5) is 27.9. The molecule has 0 saturated heterocycles.